The van der Waals surface area contributed by atoms with Crippen LogP contribution >= 0.6 is 11.8 Å². The van der Waals surface area contributed by atoms with Crippen molar-refractivity contribution in [2.45, 2.75) is 32.1 Å². The van der Waals surface area contributed by atoms with Crippen LogP contribution in [0.15, 0.2) is 77.8 Å². The number of anilines is 1. The Kier molecular flexibility index (Phi) is 9.80. The van der Waals surface area contributed by atoms with Gasteiger partial charge in [-0.25, -0.2) is 9.79 Å². The zero-order valence-electron chi connectivity index (χ0n) is 22.6. The molecule has 1 aliphatic rings. The summed E-state index contributed by atoms with van der Waals surface area (Å²) in [7, 11) is 1.59. The van der Waals surface area contributed by atoms with Gasteiger partial charge in [-0.05, 0) is 67.9 Å². The number of aliphatic imine (C=N–C) groups is 1. The fourth-order valence-corrected chi connectivity index (χ4v) is 5.06. The molecule has 40 heavy (non-hydrogen) atoms. The molecule has 3 aromatic rings. The number of methoxy groups -OCH3 is 1. The number of carbonyl (C=O) groups is 3. The zero-order valence-corrected chi connectivity index (χ0v) is 23.4. The van der Waals surface area contributed by atoms with E-state index in [0.29, 0.717) is 40.2 Å². The predicted molar refractivity (Wildman–Crippen MR) is 155 cm³/mol. The summed E-state index contributed by atoms with van der Waals surface area (Å²) in [5.41, 5.74) is 2.40. The molecule has 3 aromatic carbocycles. The Hall–Kier alpha value is -4.31. The van der Waals surface area contributed by atoms with Gasteiger partial charge in [-0.15, -0.1) is 0 Å². The Bertz CT molecular complexity index is 1370. The van der Waals surface area contributed by atoms with E-state index in [2.05, 4.69) is 5.32 Å². The fraction of sp³-hybridized carbons (Fsp3) is 0.267. The van der Waals surface area contributed by atoms with Crippen molar-refractivity contribution in [3.63, 3.8) is 0 Å². The minimum Gasteiger partial charge on any atom is -0.497 e. The molecule has 1 atom stereocenters. The van der Waals surface area contributed by atoms with Gasteiger partial charge in [0.1, 0.15) is 16.7 Å². The maximum Gasteiger partial charge on any atom is 0.338 e. The minimum atomic E-state index is -0.687. The van der Waals surface area contributed by atoms with Crippen molar-refractivity contribution in [1.29, 1.82) is 0 Å². The number of hydrogen-bond acceptors (Lipinski definition) is 8. The van der Waals surface area contributed by atoms with Crippen LogP contribution < -0.4 is 14.8 Å². The fourth-order valence-electron chi connectivity index (χ4n) is 3.96. The second-order valence-corrected chi connectivity index (χ2v) is 9.92. The molecule has 0 aliphatic carbocycles. The number of benzene rings is 3. The summed E-state index contributed by atoms with van der Waals surface area (Å²) in [4.78, 5) is 44.9. The molecule has 0 radical (unpaired) electrons. The van der Waals surface area contributed by atoms with Gasteiger partial charge in [0, 0.05) is 18.2 Å². The Morgan fingerprint density at radius 1 is 1.00 bits per heavy atom. The summed E-state index contributed by atoms with van der Waals surface area (Å²) in [6, 6.07) is 21.1. The number of esters is 1. The summed E-state index contributed by atoms with van der Waals surface area (Å²) in [6.45, 7) is 4.70. The van der Waals surface area contributed by atoms with Gasteiger partial charge in [0.05, 0.1) is 38.1 Å². The van der Waals surface area contributed by atoms with Gasteiger partial charge in [0.15, 0.2) is 5.17 Å². The molecule has 0 unspecified atom stereocenters. The van der Waals surface area contributed by atoms with Gasteiger partial charge < -0.3 is 19.5 Å². The van der Waals surface area contributed by atoms with Gasteiger partial charge in [0.2, 0.25) is 11.8 Å². The monoisotopic (exact) mass is 561 g/mol. The number of ether oxygens (including phenoxy) is 3. The third-order valence-corrected chi connectivity index (χ3v) is 7.14. The smallest absolute Gasteiger partial charge is 0.338 e. The van der Waals surface area contributed by atoms with Crippen LogP contribution in [0.25, 0.3) is 0 Å². The Labute approximate surface area is 237 Å². The van der Waals surface area contributed by atoms with Crippen LogP contribution in [-0.4, -0.2) is 53.4 Å². The van der Waals surface area contributed by atoms with Crippen LogP contribution in [-0.2, 0) is 20.9 Å². The highest BCUT2D eigenvalue weighted by Gasteiger charge is 2.36. The molecule has 1 fully saturated rings. The normalized spacial score (nSPS) is 16.0. The summed E-state index contributed by atoms with van der Waals surface area (Å²) in [5.74, 6) is 0.409. The summed E-state index contributed by atoms with van der Waals surface area (Å²) < 4.78 is 15.8. The average Bonchev–Trinajstić information content (AvgIpc) is 2.96. The molecule has 2 amide bonds. The first-order chi connectivity index (χ1) is 19.4. The van der Waals surface area contributed by atoms with Crippen molar-refractivity contribution < 1.29 is 28.6 Å². The van der Waals surface area contributed by atoms with E-state index in [9.17, 15) is 14.4 Å². The molecule has 10 heteroatoms. The van der Waals surface area contributed by atoms with E-state index in [-0.39, 0.29) is 31.4 Å². The van der Waals surface area contributed by atoms with E-state index in [1.165, 1.54) is 11.8 Å². The van der Waals surface area contributed by atoms with Crippen LogP contribution in [0.5, 0.6) is 11.5 Å². The SMILES string of the molecule is CCOC(=O)c1ccc(N=C2S[C@@H](C(=O)Nc3cccc(OCC)c3)CC(=O)N2Cc2ccc(OC)cc2)cc1. The number of nitrogens with zero attached hydrogens (tertiary/aromatic N) is 2. The number of rotatable bonds is 10. The van der Waals surface area contributed by atoms with E-state index >= 15 is 0 Å². The third-order valence-electron chi connectivity index (χ3n) is 5.95. The topological polar surface area (TPSA) is 107 Å². The van der Waals surface area contributed by atoms with Crippen LogP contribution in [0.2, 0.25) is 0 Å². The van der Waals surface area contributed by atoms with Gasteiger partial charge >= 0.3 is 5.97 Å². The number of hydrogen-bond donors (Lipinski definition) is 1. The Morgan fingerprint density at radius 2 is 1.75 bits per heavy atom. The Morgan fingerprint density at radius 3 is 2.42 bits per heavy atom. The van der Waals surface area contributed by atoms with E-state index in [0.717, 1.165) is 5.56 Å². The maximum atomic E-state index is 13.4. The van der Waals surface area contributed by atoms with Crippen molar-refractivity contribution in [3.8, 4) is 11.5 Å². The lowest BCUT2D eigenvalue weighted by Crippen LogP contribution is -2.44. The van der Waals surface area contributed by atoms with E-state index < -0.39 is 11.2 Å². The molecule has 0 bridgehead atoms. The van der Waals surface area contributed by atoms with Gasteiger partial charge in [-0.2, -0.15) is 0 Å². The number of amides is 2. The molecule has 4 rings (SSSR count). The number of nitrogens with one attached hydrogen (secondary N) is 1. The van der Waals surface area contributed by atoms with Crippen LogP contribution in [0, 0.1) is 0 Å². The molecule has 1 saturated heterocycles. The van der Waals surface area contributed by atoms with E-state index in [1.54, 1.807) is 61.4 Å². The van der Waals surface area contributed by atoms with Crippen molar-refractivity contribution in [1.82, 2.24) is 4.90 Å². The minimum absolute atomic E-state index is 0.0125. The second kappa shape index (κ2) is 13.7. The first-order valence-corrected chi connectivity index (χ1v) is 13.8. The lowest BCUT2D eigenvalue weighted by molar-refractivity contribution is -0.129. The first kappa shape index (κ1) is 28.7. The molecular weight excluding hydrogens is 530 g/mol. The summed E-state index contributed by atoms with van der Waals surface area (Å²) in [6.07, 6.45) is 0.0125. The van der Waals surface area contributed by atoms with Crippen LogP contribution in [0.3, 0.4) is 0 Å². The molecule has 0 saturated carbocycles. The quantitative estimate of drug-likeness (QED) is 0.329. The molecule has 0 aromatic heterocycles. The van der Waals surface area contributed by atoms with Crippen molar-refractivity contribution in [3.05, 3.63) is 83.9 Å². The Balaban J connectivity index is 1.58. The summed E-state index contributed by atoms with van der Waals surface area (Å²) in [5, 5.41) is 2.59. The maximum absolute atomic E-state index is 13.4. The number of thioether (sulfide) groups is 1. The van der Waals surface area contributed by atoms with Crippen molar-refractivity contribution in [2.75, 3.05) is 25.6 Å². The van der Waals surface area contributed by atoms with Crippen LogP contribution in [0.4, 0.5) is 11.4 Å². The second-order valence-electron chi connectivity index (χ2n) is 8.75. The zero-order chi connectivity index (χ0) is 28.5. The summed E-state index contributed by atoms with van der Waals surface area (Å²) >= 11 is 1.22. The molecule has 1 aliphatic heterocycles. The average molecular weight is 562 g/mol. The first-order valence-electron chi connectivity index (χ1n) is 12.9. The third kappa shape index (κ3) is 7.41. The standard InChI is InChI=1S/C30H31N3O6S/c1-4-38-25-8-6-7-23(17-25)31-28(35)26-18-27(34)33(19-20-9-15-24(37-3)16-10-20)30(40-26)32-22-13-11-21(12-14-22)29(36)39-5-2/h6-17,26H,4-5,18-19H2,1-3H3,(H,31,35)/t26-/m1/s1. The highest BCUT2D eigenvalue weighted by Crippen LogP contribution is 2.32. The molecule has 1 N–H and O–H groups in total. The highest BCUT2D eigenvalue weighted by atomic mass is 32.2. The lowest BCUT2D eigenvalue weighted by Gasteiger charge is -2.32. The number of amidine groups is 1. The van der Waals surface area contributed by atoms with Crippen LogP contribution in [0.1, 0.15) is 36.2 Å². The van der Waals surface area contributed by atoms with Crippen molar-refractivity contribution >= 4 is 46.1 Å². The molecule has 208 valence electrons. The highest BCUT2D eigenvalue weighted by molar-refractivity contribution is 8.15. The van der Waals surface area contributed by atoms with E-state index in [4.69, 9.17) is 19.2 Å². The molecule has 0 spiro atoms. The molecule has 1 heterocycles. The molecule has 9 nitrogen and oxygen atoms in total. The predicted octanol–water partition coefficient (Wildman–Crippen LogP) is 5.43. The lowest BCUT2D eigenvalue weighted by atomic mass is 10.2. The van der Waals surface area contributed by atoms with Gasteiger partial charge in [0.25, 0.3) is 0 Å². The molecular formula is C30H31N3O6S. The van der Waals surface area contributed by atoms with Crippen molar-refractivity contribution in [2.24, 2.45) is 4.99 Å². The largest absolute Gasteiger partial charge is 0.497 e. The van der Waals surface area contributed by atoms with Gasteiger partial charge in [-0.3, -0.25) is 14.5 Å². The number of carbonyl (C=O) groups excluding carboxylic acids is 3. The van der Waals surface area contributed by atoms with Gasteiger partial charge in [-0.1, -0.05) is 30.0 Å². The van der Waals surface area contributed by atoms with E-state index in [1.807, 2.05) is 37.3 Å².